The van der Waals surface area contributed by atoms with Gasteiger partial charge in [0.05, 0.1) is 6.20 Å². The Morgan fingerprint density at radius 1 is 1.60 bits per heavy atom. The molecule has 1 aromatic rings. The van der Waals surface area contributed by atoms with Crippen molar-refractivity contribution in [3.63, 3.8) is 0 Å². The molecule has 1 unspecified atom stereocenters. The predicted molar refractivity (Wildman–Crippen MR) is 60.2 cm³/mol. The number of ether oxygens (including phenoxy) is 1. The summed E-state index contributed by atoms with van der Waals surface area (Å²) in [7, 11) is 0. The molecule has 0 spiro atoms. The molecule has 3 nitrogen and oxygen atoms in total. The maximum absolute atomic E-state index is 9.93. The van der Waals surface area contributed by atoms with Gasteiger partial charge in [-0.3, -0.25) is 0 Å². The number of halogens is 1. The number of aliphatic hydroxyl groups is 1. The maximum atomic E-state index is 9.93. The molecule has 5 heteroatoms. The second kappa shape index (κ2) is 5.25. The molecular weight excluding hydrogens is 234 g/mol. The molecule has 2 heterocycles. The van der Waals surface area contributed by atoms with Crippen LogP contribution >= 0.6 is 22.9 Å². The third-order valence-electron chi connectivity index (χ3n) is 2.68. The summed E-state index contributed by atoms with van der Waals surface area (Å²) in [4.78, 5) is 4.09. The highest BCUT2D eigenvalue weighted by Crippen LogP contribution is 2.30. The van der Waals surface area contributed by atoms with E-state index in [1.54, 1.807) is 6.20 Å². The van der Waals surface area contributed by atoms with Gasteiger partial charge in [0.15, 0.2) is 0 Å². The summed E-state index contributed by atoms with van der Waals surface area (Å²) >= 11 is 7.13. The number of thiazole rings is 1. The van der Waals surface area contributed by atoms with Gasteiger partial charge in [-0.05, 0) is 25.2 Å². The van der Waals surface area contributed by atoms with Crippen LogP contribution in [0.5, 0.6) is 0 Å². The molecule has 15 heavy (non-hydrogen) atoms. The molecule has 1 aliphatic rings. The van der Waals surface area contributed by atoms with Crippen LogP contribution in [0.15, 0.2) is 6.20 Å². The number of hydrogen-bond donors (Lipinski definition) is 1. The Hall–Kier alpha value is -0.160. The van der Waals surface area contributed by atoms with Gasteiger partial charge in [0.2, 0.25) is 0 Å². The van der Waals surface area contributed by atoms with E-state index in [0.717, 1.165) is 37.5 Å². The van der Waals surface area contributed by atoms with Crippen molar-refractivity contribution in [3.8, 4) is 0 Å². The van der Waals surface area contributed by atoms with Crippen LogP contribution in [-0.2, 0) is 4.74 Å². The summed E-state index contributed by atoms with van der Waals surface area (Å²) in [5, 5.41) is 10.7. The van der Waals surface area contributed by atoms with Crippen LogP contribution in [0.3, 0.4) is 0 Å². The SMILES string of the molecule is OC(CC1CCOCC1)c1ncc(Cl)s1. The molecule has 2 rings (SSSR count). The number of hydrogen-bond acceptors (Lipinski definition) is 4. The average molecular weight is 248 g/mol. The van der Waals surface area contributed by atoms with Gasteiger partial charge in [-0.1, -0.05) is 11.6 Å². The van der Waals surface area contributed by atoms with Gasteiger partial charge in [0.1, 0.15) is 15.4 Å². The minimum absolute atomic E-state index is 0.467. The van der Waals surface area contributed by atoms with Crippen LogP contribution in [0.4, 0.5) is 0 Å². The fourth-order valence-electron chi connectivity index (χ4n) is 1.82. The van der Waals surface area contributed by atoms with E-state index >= 15 is 0 Å². The lowest BCUT2D eigenvalue weighted by molar-refractivity contribution is 0.0434. The second-order valence-electron chi connectivity index (χ2n) is 3.81. The van der Waals surface area contributed by atoms with E-state index < -0.39 is 6.10 Å². The lowest BCUT2D eigenvalue weighted by atomic mass is 9.94. The lowest BCUT2D eigenvalue weighted by Gasteiger charge is -2.23. The van der Waals surface area contributed by atoms with Crippen molar-refractivity contribution in [2.24, 2.45) is 5.92 Å². The van der Waals surface area contributed by atoms with Crippen molar-refractivity contribution in [1.82, 2.24) is 4.98 Å². The van der Waals surface area contributed by atoms with Crippen molar-refractivity contribution >= 4 is 22.9 Å². The first-order chi connectivity index (χ1) is 7.25. The normalized spacial score (nSPS) is 20.4. The molecule has 1 fully saturated rings. The van der Waals surface area contributed by atoms with Gasteiger partial charge in [0.25, 0.3) is 0 Å². The van der Waals surface area contributed by atoms with Crippen LogP contribution in [0.25, 0.3) is 0 Å². The summed E-state index contributed by atoms with van der Waals surface area (Å²) in [6.45, 7) is 1.63. The molecule has 0 aliphatic carbocycles. The molecule has 0 radical (unpaired) electrons. The van der Waals surface area contributed by atoms with Gasteiger partial charge in [0, 0.05) is 13.2 Å². The molecule has 1 saturated heterocycles. The zero-order chi connectivity index (χ0) is 10.7. The summed E-state index contributed by atoms with van der Waals surface area (Å²) in [5.41, 5.74) is 0. The number of aromatic nitrogens is 1. The van der Waals surface area contributed by atoms with Crippen molar-refractivity contribution in [3.05, 3.63) is 15.5 Å². The first-order valence-electron chi connectivity index (χ1n) is 5.12. The standard InChI is InChI=1S/C10H14ClNO2S/c11-9-6-12-10(15-9)8(13)5-7-1-3-14-4-2-7/h6-8,13H,1-5H2. The van der Waals surface area contributed by atoms with E-state index in [-0.39, 0.29) is 0 Å². The van der Waals surface area contributed by atoms with E-state index in [9.17, 15) is 5.11 Å². The third-order valence-corrected chi connectivity index (χ3v) is 3.89. The average Bonchev–Trinajstić information content (AvgIpc) is 2.66. The highest BCUT2D eigenvalue weighted by atomic mass is 35.5. The molecule has 0 bridgehead atoms. The Balaban J connectivity index is 1.88. The first kappa shape index (κ1) is 11.3. The van der Waals surface area contributed by atoms with E-state index in [4.69, 9.17) is 16.3 Å². The topological polar surface area (TPSA) is 42.4 Å². The van der Waals surface area contributed by atoms with Crippen molar-refractivity contribution in [2.75, 3.05) is 13.2 Å². The van der Waals surface area contributed by atoms with Crippen LogP contribution < -0.4 is 0 Å². The highest BCUT2D eigenvalue weighted by molar-refractivity contribution is 7.15. The largest absolute Gasteiger partial charge is 0.386 e. The summed E-state index contributed by atoms with van der Waals surface area (Å²) in [5.74, 6) is 0.552. The lowest BCUT2D eigenvalue weighted by Crippen LogP contribution is -2.17. The van der Waals surface area contributed by atoms with E-state index in [0.29, 0.717) is 10.3 Å². The third kappa shape index (κ3) is 3.14. The summed E-state index contributed by atoms with van der Waals surface area (Å²) in [6, 6.07) is 0. The number of nitrogens with zero attached hydrogens (tertiary/aromatic N) is 1. The Bertz CT molecular complexity index is 312. The second-order valence-corrected chi connectivity index (χ2v) is 5.50. The van der Waals surface area contributed by atoms with Crippen LogP contribution in [0.2, 0.25) is 4.34 Å². The Labute approximate surface area is 98.1 Å². The maximum Gasteiger partial charge on any atom is 0.123 e. The minimum Gasteiger partial charge on any atom is -0.386 e. The smallest absolute Gasteiger partial charge is 0.123 e. The molecule has 0 saturated carbocycles. The zero-order valence-corrected chi connectivity index (χ0v) is 9.93. The van der Waals surface area contributed by atoms with Gasteiger partial charge >= 0.3 is 0 Å². The Morgan fingerprint density at radius 3 is 2.93 bits per heavy atom. The molecule has 84 valence electrons. The van der Waals surface area contributed by atoms with Crippen molar-refractivity contribution < 1.29 is 9.84 Å². The molecule has 1 atom stereocenters. The van der Waals surface area contributed by atoms with Crippen LogP contribution in [0, 0.1) is 5.92 Å². The van der Waals surface area contributed by atoms with E-state index in [2.05, 4.69) is 4.98 Å². The van der Waals surface area contributed by atoms with Gasteiger partial charge < -0.3 is 9.84 Å². The zero-order valence-electron chi connectivity index (χ0n) is 8.36. The van der Waals surface area contributed by atoms with Crippen LogP contribution in [0.1, 0.15) is 30.4 Å². The molecule has 1 aliphatic heterocycles. The first-order valence-corrected chi connectivity index (χ1v) is 6.32. The van der Waals surface area contributed by atoms with Crippen molar-refractivity contribution in [1.29, 1.82) is 0 Å². The fourth-order valence-corrected chi connectivity index (χ4v) is 2.75. The number of rotatable bonds is 3. The summed E-state index contributed by atoms with van der Waals surface area (Å²) in [6.07, 6.45) is 3.97. The predicted octanol–water partition coefficient (Wildman–Crippen LogP) is 2.65. The van der Waals surface area contributed by atoms with Gasteiger partial charge in [-0.25, -0.2) is 4.98 Å². The highest BCUT2D eigenvalue weighted by Gasteiger charge is 2.20. The Kier molecular flexibility index (Phi) is 3.97. The molecule has 1 N–H and O–H groups in total. The molecule has 1 aromatic heterocycles. The molecular formula is C10H14ClNO2S. The van der Waals surface area contributed by atoms with Gasteiger partial charge in [-0.2, -0.15) is 0 Å². The fraction of sp³-hybridized carbons (Fsp3) is 0.700. The number of aliphatic hydroxyl groups excluding tert-OH is 1. The monoisotopic (exact) mass is 247 g/mol. The van der Waals surface area contributed by atoms with Crippen molar-refractivity contribution in [2.45, 2.75) is 25.4 Å². The quantitative estimate of drug-likeness (QED) is 0.893. The molecule has 0 amide bonds. The minimum atomic E-state index is -0.467. The summed E-state index contributed by atoms with van der Waals surface area (Å²) < 4.78 is 5.91. The van der Waals surface area contributed by atoms with Crippen LogP contribution in [-0.4, -0.2) is 23.3 Å². The van der Waals surface area contributed by atoms with Gasteiger partial charge in [-0.15, -0.1) is 11.3 Å². The van der Waals surface area contributed by atoms with E-state index in [1.807, 2.05) is 0 Å². The molecule has 0 aromatic carbocycles. The van der Waals surface area contributed by atoms with E-state index in [1.165, 1.54) is 11.3 Å². The Morgan fingerprint density at radius 2 is 2.33 bits per heavy atom.